The third kappa shape index (κ3) is 3.74. The molecule has 0 amide bonds. The number of nitrogens with one attached hydrogen (secondary N) is 1. The van der Waals surface area contributed by atoms with Gasteiger partial charge in [0.05, 0.1) is 4.47 Å². The molecule has 130 valence electrons. The second kappa shape index (κ2) is 7.39. The zero-order valence-electron chi connectivity index (χ0n) is 12.6. The van der Waals surface area contributed by atoms with E-state index in [-0.39, 0.29) is 27.8 Å². The number of aryl methyl sites for hydroxylation is 1. The zero-order valence-corrected chi connectivity index (χ0v) is 15.8. The van der Waals surface area contributed by atoms with E-state index < -0.39 is 15.8 Å². The molecule has 4 nitrogen and oxygen atoms in total. The summed E-state index contributed by atoms with van der Waals surface area (Å²) in [7, 11) is -3.95. The standard InChI is InChI=1S/C16H16BrFN2O2S.ClH/c17-13-4-2-6-15(16(13)18)23(21,22)20-14-5-1-3-10-9-11(19)7-8-12(10)14;/h2,4,6-9,14,20H,1,3,5,19H2;1H. The smallest absolute Gasteiger partial charge is 0.244 e. The highest BCUT2D eigenvalue weighted by molar-refractivity contribution is 9.10. The van der Waals surface area contributed by atoms with Crippen LogP contribution in [0.2, 0.25) is 0 Å². The minimum atomic E-state index is -3.95. The molecule has 1 aliphatic rings. The molecule has 1 unspecified atom stereocenters. The fraction of sp³-hybridized carbons (Fsp3) is 0.250. The van der Waals surface area contributed by atoms with Crippen LogP contribution in [0.4, 0.5) is 10.1 Å². The maximum atomic E-state index is 14.1. The van der Waals surface area contributed by atoms with Gasteiger partial charge in [0.15, 0.2) is 5.82 Å². The van der Waals surface area contributed by atoms with E-state index in [9.17, 15) is 12.8 Å². The fourth-order valence-electron chi connectivity index (χ4n) is 2.90. The molecule has 0 saturated heterocycles. The lowest BCUT2D eigenvalue weighted by molar-refractivity contribution is 0.501. The van der Waals surface area contributed by atoms with Crippen LogP contribution >= 0.6 is 28.3 Å². The van der Waals surface area contributed by atoms with Crippen molar-refractivity contribution < 1.29 is 12.8 Å². The van der Waals surface area contributed by atoms with Gasteiger partial charge >= 0.3 is 0 Å². The van der Waals surface area contributed by atoms with Gasteiger partial charge in [-0.25, -0.2) is 17.5 Å². The van der Waals surface area contributed by atoms with Crippen LogP contribution in [-0.4, -0.2) is 8.42 Å². The molecule has 0 saturated carbocycles. The van der Waals surface area contributed by atoms with Crippen molar-refractivity contribution in [2.75, 3.05) is 5.73 Å². The summed E-state index contributed by atoms with van der Waals surface area (Å²) < 4.78 is 42.0. The third-order valence-corrected chi connectivity index (χ3v) is 6.09. The van der Waals surface area contributed by atoms with Crippen molar-refractivity contribution in [3.05, 3.63) is 57.8 Å². The maximum Gasteiger partial charge on any atom is 0.244 e. The molecule has 1 atom stereocenters. The number of benzene rings is 2. The molecule has 2 aromatic carbocycles. The third-order valence-electron chi connectivity index (χ3n) is 3.98. The number of nitrogen functional groups attached to an aromatic ring is 1. The molecule has 0 aromatic heterocycles. The normalized spacial score (nSPS) is 17.0. The van der Waals surface area contributed by atoms with Gasteiger partial charge in [-0.2, -0.15) is 0 Å². The first-order valence-corrected chi connectivity index (χ1v) is 9.51. The molecule has 8 heteroatoms. The largest absolute Gasteiger partial charge is 0.399 e. The fourth-order valence-corrected chi connectivity index (χ4v) is 4.75. The average molecular weight is 436 g/mol. The van der Waals surface area contributed by atoms with Crippen LogP contribution in [-0.2, 0) is 16.4 Å². The molecule has 2 aromatic rings. The summed E-state index contributed by atoms with van der Waals surface area (Å²) in [5.74, 6) is -0.784. The Hall–Kier alpha value is -1.15. The van der Waals surface area contributed by atoms with E-state index in [0.29, 0.717) is 12.1 Å². The molecule has 0 radical (unpaired) electrons. The highest BCUT2D eigenvalue weighted by Crippen LogP contribution is 2.33. The first-order chi connectivity index (χ1) is 10.9. The predicted octanol–water partition coefficient (Wildman–Crippen LogP) is 3.95. The van der Waals surface area contributed by atoms with Crippen molar-refractivity contribution in [2.24, 2.45) is 0 Å². The van der Waals surface area contributed by atoms with E-state index >= 15 is 0 Å². The summed E-state index contributed by atoms with van der Waals surface area (Å²) in [5, 5.41) is 0. The molecule has 0 fully saturated rings. The Morgan fingerprint density at radius 1 is 1.25 bits per heavy atom. The minimum absolute atomic E-state index is 0. The first kappa shape index (κ1) is 19.2. The minimum Gasteiger partial charge on any atom is -0.399 e. The average Bonchev–Trinajstić information content (AvgIpc) is 2.49. The molecule has 0 spiro atoms. The molecule has 0 bridgehead atoms. The number of anilines is 1. The number of halogens is 3. The summed E-state index contributed by atoms with van der Waals surface area (Å²) in [5.41, 5.74) is 8.39. The zero-order chi connectivity index (χ0) is 16.6. The molecule has 1 aliphatic carbocycles. The van der Waals surface area contributed by atoms with Crippen molar-refractivity contribution >= 4 is 44.0 Å². The van der Waals surface area contributed by atoms with E-state index in [2.05, 4.69) is 20.7 Å². The topological polar surface area (TPSA) is 72.2 Å². The first-order valence-electron chi connectivity index (χ1n) is 7.23. The second-order valence-corrected chi connectivity index (χ2v) is 8.11. The maximum absolute atomic E-state index is 14.1. The van der Waals surface area contributed by atoms with Crippen molar-refractivity contribution in [2.45, 2.75) is 30.2 Å². The van der Waals surface area contributed by atoms with Crippen LogP contribution < -0.4 is 10.5 Å². The quantitative estimate of drug-likeness (QED) is 0.717. The Balaban J connectivity index is 0.00000208. The van der Waals surface area contributed by atoms with E-state index in [1.54, 1.807) is 6.07 Å². The van der Waals surface area contributed by atoms with Crippen LogP contribution in [0.25, 0.3) is 0 Å². The number of sulfonamides is 1. The molecular weight excluding hydrogens is 419 g/mol. The van der Waals surface area contributed by atoms with Crippen LogP contribution in [0.1, 0.15) is 30.0 Å². The van der Waals surface area contributed by atoms with E-state index in [0.717, 1.165) is 24.0 Å². The summed E-state index contributed by atoms with van der Waals surface area (Å²) in [6.07, 6.45) is 2.39. The molecule has 3 N–H and O–H groups in total. The van der Waals surface area contributed by atoms with E-state index in [1.165, 1.54) is 18.2 Å². The predicted molar refractivity (Wildman–Crippen MR) is 98.2 cm³/mol. The lowest BCUT2D eigenvalue weighted by Crippen LogP contribution is -2.31. The van der Waals surface area contributed by atoms with Gasteiger partial charge in [-0.3, -0.25) is 0 Å². The monoisotopic (exact) mass is 434 g/mol. The lowest BCUT2D eigenvalue weighted by Gasteiger charge is -2.26. The van der Waals surface area contributed by atoms with Gasteiger partial charge in [0, 0.05) is 11.7 Å². The van der Waals surface area contributed by atoms with Gasteiger partial charge in [-0.05, 0) is 70.6 Å². The highest BCUT2D eigenvalue weighted by Gasteiger charge is 2.28. The Labute approximate surface area is 155 Å². The lowest BCUT2D eigenvalue weighted by atomic mass is 9.88. The molecular formula is C16H17BrClFN2O2S. The van der Waals surface area contributed by atoms with Crippen LogP contribution in [0.3, 0.4) is 0 Å². The molecule has 24 heavy (non-hydrogen) atoms. The van der Waals surface area contributed by atoms with E-state index in [4.69, 9.17) is 5.73 Å². The van der Waals surface area contributed by atoms with Gasteiger partial charge in [-0.1, -0.05) is 12.1 Å². The highest BCUT2D eigenvalue weighted by atomic mass is 79.9. The van der Waals surface area contributed by atoms with Crippen LogP contribution in [0, 0.1) is 5.82 Å². The van der Waals surface area contributed by atoms with Crippen LogP contribution in [0.15, 0.2) is 45.8 Å². The summed E-state index contributed by atoms with van der Waals surface area (Å²) in [6, 6.07) is 9.32. The number of fused-ring (bicyclic) bond motifs is 1. The van der Waals surface area contributed by atoms with Gasteiger partial charge in [0.1, 0.15) is 4.90 Å². The Bertz CT molecular complexity index is 861. The summed E-state index contributed by atoms with van der Waals surface area (Å²) >= 11 is 3.02. The van der Waals surface area contributed by atoms with Crippen molar-refractivity contribution in [3.63, 3.8) is 0 Å². The molecule has 3 rings (SSSR count). The number of hydrogen-bond donors (Lipinski definition) is 2. The number of nitrogens with two attached hydrogens (primary N) is 1. The summed E-state index contributed by atoms with van der Waals surface area (Å²) in [4.78, 5) is -0.352. The number of hydrogen-bond acceptors (Lipinski definition) is 3. The van der Waals surface area contributed by atoms with Gasteiger partial charge in [0.25, 0.3) is 0 Å². The Kier molecular flexibility index (Phi) is 5.91. The van der Waals surface area contributed by atoms with Crippen LogP contribution in [0.5, 0.6) is 0 Å². The Morgan fingerprint density at radius 2 is 2.00 bits per heavy atom. The summed E-state index contributed by atoms with van der Waals surface area (Å²) in [6.45, 7) is 0. The van der Waals surface area contributed by atoms with Gasteiger partial charge in [0.2, 0.25) is 10.0 Å². The van der Waals surface area contributed by atoms with Gasteiger partial charge in [-0.15, -0.1) is 12.4 Å². The number of rotatable bonds is 3. The second-order valence-electron chi connectivity index (χ2n) is 5.58. The van der Waals surface area contributed by atoms with Crippen molar-refractivity contribution in [1.29, 1.82) is 0 Å². The Morgan fingerprint density at radius 3 is 2.75 bits per heavy atom. The molecule has 0 aliphatic heterocycles. The van der Waals surface area contributed by atoms with Crippen molar-refractivity contribution in [1.82, 2.24) is 4.72 Å². The van der Waals surface area contributed by atoms with E-state index in [1.807, 2.05) is 12.1 Å². The SMILES string of the molecule is Cl.Nc1ccc2c(c1)CCCC2NS(=O)(=O)c1cccc(Br)c1F. The van der Waals surface area contributed by atoms with Gasteiger partial charge < -0.3 is 5.73 Å². The van der Waals surface area contributed by atoms with Crippen molar-refractivity contribution in [3.8, 4) is 0 Å². The molecule has 0 heterocycles.